The number of carbonyl (C=O) groups excluding carboxylic acids is 1. The van der Waals surface area contributed by atoms with E-state index in [4.69, 9.17) is 9.47 Å². The molecular formula is C21H28O5. The Morgan fingerprint density at radius 2 is 2.04 bits per heavy atom. The second-order valence-electron chi connectivity index (χ2n) is 9.14. The van der Waals surface area contributed by atoms with E-state index in [1.807, 2.05) is 13.8 Å². The van der Waals surface area contributed by atoms with Gasteiger partial charge in [-0.15, -0.1) is 0 Å². The molecule has 1 aromatic rings. The van der Waals surface area contributed by atoms with Crippen LogP contribution in [0, 0.1) is 11.8 Å². The summed E-state index contributed by atoms with van der Waals surface area (Å²) < 4.78 is 12.7. The summed E-state index contributed by atoms with van der Waals surface area (Å²) in [5.74, 6) is -0.358. The maximum absolute atomic E-state index is 12.8. The maximum atomic E-state index is 12.8. The van der Waals surface area contributed by atoms with Gasteiger partial charge in [-0.25, -0.2) is 0 Å². The van der Waals surface area contributed by atoms with Gasteiger partial charge in [0, 0.05) is 36.3 Å². The van der Waals surface area contributed by atoms with Crippen LogP contribution in [0.5, 0.6) is 17.2 Å². The molecule has 1 aromatic carbocycles. The van der Waals surface area contributed by atoms with Crippen LogP contribution in [-0.2, 0) is 4.74 Å². The Kier molecular flexibility index (Phi) is 3.82. The zero-order chi connectivity index (χ0) is 18.9. The predicted molar refractivity (Wildman–Crippen MR) is 96.8 cm³/mol. The number of phenolic OH excluding ortho intramolecular Hbond substituents is 2. The Morgan fingerprint density at radius 3 is 2.73 bits per heavy atom. The second-order valence-corrected chi connectivity index (χ2v) is 9.14. The first-order chi connectivity index (χ1) is 12.1. The third-order valence-electron chi connectivity index (χ3n) is 6.05. The Hall–Kier alpha value is -1.75. The molecular weight excluding hydrogens is 332 g/mol. The van der Waals surface area contributed by atoms with Crippen LogP contribution in [0.4, 0.5) is 0 Å². The van der Waals surface area contributed by atoms with Crippen molar-refractivity contribution in [3.05, 3.63) is 17.2 Å². The monoisotopic (exact) mass is 360 g/mol. The smallest absolute Gasteiger partial charge is 0.214 e. The molecule has 2 heterocycles. The van der Waals surface area contributed by atoms with Gasteiger partial charge in [0.2, 0.25) is 5.79 Å². The molecule has 1 saturated heterocycles. The van der Waals surface area contributed by atoms with Crippen molar-refractivity contribution in [2.75, 3.05) is 0 Å². The van der Waals surface area contributed by atoms with Gasteiger partial charge < -0.3 is 19.7 Å². The van der Waals surface area contributed by atoms with E-state index >= 15 is 0 Å². The molecule has 3 aliphatic rings. The van der Waals surface area contributed by atoms with Gasteiger partial charge in [-0.1, -0.05) is 13.8 Å². The number of hydrogen-bond donors (Lipinski definition) is 2. The second kappa shape index (κ2) is 5.62. The Morgan fingerprint density at radius 1 is 1.31 bits per heavy atom. The van der Waals surface area contributed by atoms with E-state index in [9.17, 15) is 15.0 Å². The topological polar surface area (TPSA) is 76.0 Å². The van der Waals surface area contributed by atoms with Crippen molar-refractivity contribution in [2.45, 2.75) is 77.1 Å². The fourth-order valence-corrected chi connectivity index (χ4v) is 5.24. The van der Waals surface area contributed by atoms with Gasteiger partial charge in [-0.2, -0.15) is 0 Å². The van der Waals surface area contributed by atoms with E-state index in [0.717, 1.165) is 25.7 Å². The van der Waals surface area contributed by atoms with Crippen molar-refractivity contribution in [1.82, 2.24) is 0 Å². The van der Waals surface area contributed by atoms with Crippen LogP contribution in [-0.4, -0.2) is 27.4 Å². The first-order valence-electron chi connectivity index (χ1n) is 9.65. The molecule has 1 aliphatic carbocycles. The van der Waals surface area contributed by atoms with E-state index in [1.165, 1.54) is 6.07 Å². The van der Waals surface area contributed by atoms with Gasteiger partial charge in [-0.3, -0.25) is 4.79 Å². The van der Waals surface area contributed by atoms with Gasteiger partial charge in [0.25, 0.3) is 0 Å². The minimum Gasteiger partial charge on any atom is -0.507 e. The zero-order valence-electron chi connectivity index (χ0n) is 16.0. The van der Waals surface area contributed by atoms with Gasteiger partial charge in [0.15, 0.2) is 5.78 Å². The molecule has 0 amide bonds. The lowest BCUT2D eigenvalue weighted by Gasteiger charge is -2.48. The first kappa shape index (κ1) is 17.7. The van der Waals surface area contributed by atoms with Crippen molar-refractivity contribution in [3.63, 3.8) is 0 Å². The van der Waals surface area contributed by atoms with Crippen LogP contribution >= 0.6 is 0 Å². The van der Waals surface area contributed by atoms with E-state index < -0.39 is 5.79 Å². The summed E-state index contributed by atoms with van der Waals surface area (Å²) in [6, 6.07) is 1.30. The van der Waals surface area contributed by atoms with Crippen LogP contribution in [0.3, 0.4) is 0 Å². The highest BCUT2D eigenvalue weighted by molar-refractivity contribution is 6.02. The zero-order valence-corrected chi connectivity index (χ0v) is 16.0. The number of aromatic hydroxyl groups is 2. The van der Waals surface area contributed by atoms with E-state index in [-0.39, 0.29) is 46.2 Å². The number of ketones is 1. The van der Waals surface area contributed by atoms with Gasteiger partial charge >= 0.3 is 0 Å². The van der Waals surface area contributed by atoms with Crippen LogP contribution in [0.1, 0.15) is 81.6 Å². The molecule has 2 aliphatic heterocycles. The van der Waals surface area contributed by atoms with Crippen molar-refractivity contribution >= 4 is 5.78 Å². The molecule has 142 valence electrons. The highest BCUT2D eigenvalue weighted by Crippen LogP contribution is 2.63. The minimum atomic E-state index is -0.757. The maximum Gasteiger partial charge on any atom is 0.214 e. The number of Topliss-reactive ketones (excluding diaryl/α,β-unsaturated/α-hetero) is 1. The standard InChI is InChI=1S/C21H28O5/c1-11(2)8-14(22)18-16(24)9-15(23)17-12-6-5-7-21(25-19(17)18)13(12)10-20(3,4)26-21/h9,11-13,23-24H,5-8,10H2,1-4H3. The van der Waals surface area contributed by atoms with Crippen molar-refractivity contribution < 1.29 is 24.5 Å². The van der Waals surface area contributed by atoms with Crippen molar-refractivity contribution in [3.8, 4) is 17.2 Å². The van der Waals surface area contributed by atoms with Crippen molar-refractivity contribution in [1.29, 1.82) is 0 Å². The SMILES string of the molecule is CC(C)CC(=O)c1c(O)cc(O)c2c1OC13CCCC2C1CC(C)(C)O3. The first-order valence-corrected chi connectivity index (χ1v) is 9.65. The lowest BCUT2D eigenvalue weighted by atomic mass is 9.67. The largest absolute Gasteiger partial charge is 0.507 e. The summed E-state index contributed by atoms with van der Waals surface area (Å²) >= 11 is 0. The highest BCUT2D eigenvalue weighted by Gasteiger charge is 2.62. The quantitative estimate of drug-likeness (QED) is 0.776. The average Bonchev–Trinajstić information content (AvgIpc) is 2.76. The molecule has 2 bridgehead atoms. The molecule has 0 radical (unpaired) electrons. The molecule has 2 N–H and O–H groups in total. The molecule has 5 heteroatoms. The summed E-state index contributed by atoms with van der Waals surface area (Å²) in [6.45, 7) is 8.06. The number of ether oxygens (including phenoxy) is 2. The van der Waals surface area contributed by atoms with Crippen LogP contribution < -0.4 is 4.74 Å². The molecule has 3 atom stereocenters. The average molecular weight is 360 g/mol. The number of phenols is 2. The molecule has 5 nitrogen and oxygen atoms in total. The molecule has 0 aromatic heterocycles. The number of benzene rings is 1. The van der Waals surface area contributed by atoms with Gasteiger partial charge in [0.05, 0.1) is 5.60 Å². The number of fused-ring (bicyclic) bond motifs is 2. The molecule has 1 saturated carbocycles. The third kappa shape index (κ3) is 2.51. The molecule has 26 heavy (non-hydrogen) atoms. The normalized spacial score (nSPS) is 31.3. The predicted octanol–water partition coefficient (Wildman–Crippen LogP) is 4.50. The Bertz CT molecular complexity index is 766. The summed E-state index contributed by atoms with van der Waals surface area (Å²) in [5.41, 5.74) is 0.566. The highest BCUT2D eigenvalue weighted by atomic mass is 16.7. The molecule has 2 fully saturated rings. The van der Waals surface area contributed by atoms with Crippen LogP contribution in [0.2, 0.25) is 0 Å². The fraction of sp³-hybridized carbons (Fsp3) is 0.667. The Balaban J connectivity index is 1.88. The molecule has 4 rings (SSSR count). The van der Waals surface area contributed by atoms with E-state index in [2.05, 4.69) is 13.8 Å². The lowest BCUT2D eigenvalue weighted by Crippen LogP contribution is -2.50. The van der Waals surface area contributed by atoms with Gasteiger partial charge in [-0.05, 0) is 39.0 Å². The summed E-state index contributed by atoms with van der Waals surface area (Å²) in [4.78, 5) is 12.8. The van der Waals surface area contributed by atoms with Crippen molar-refractivity contribution in [2.24, 2.45) is 11.8 Å². The van der Waals surface area contributed by atoms with Crippen LogP contribution in [0.25, 0.3) is 0 Å². The van der Waals surface area contributed by atoms with Crippen LogP contribution in [0.15, 0.2) is 6.07 Å². The third-order valence-corrected chi connectivity index (χ3v) is 6.05. The van der Waals surface area contributed by atoms with Gasteiger partial charge in [0.1, 0.15) is 22.8 Å². The molecule has 3 unspecified atom stereocenters. The summed E-state index contributed by atoms with van der Waals surface area (Å²) in [6.07, 6.45) is 3.82. The Labute approximate surface area is 154 Å². The lowest BCUT2D eigenvalue weighted by molar-refractivity contribution is -0.234. The summed E-state index contributed by atoms with van der Waals surface area (Å²) in [5, 5.41) is 21.0. The number of hydrogen-bond acceptors (Lipinski definition) is 5. The number of rotatable bonds is 3. The van der Waals surface area contributed by atoms with E-state index in [1.54, 1.807) is 0 Å². The molecule has 0 spiro atoms. The fourth-order valence-electron chi connectivity index (χ4n) is 5.24. The number of carbonyl (C=O) groups is 1. The summed E-state index contributed by atoms with van der Waals surface area (Å²) in [7, 11) is 0. The van der Waals surface area contributed by atoms with E-state index in [0.29, 0.717) is 17.7 Å². The minimum absolute atomic E-state index is 0.0174.